The average molecular weight is 461 g/mol. The monoisotopic (exact) mass is 460 g/mol. The molecule has 9 nitrogen and oxygen atoms in total. The van der Waals surface area contributed by atoms with Crippen molar-refractivity contribution in [3.8, 4) is 11.5 Å². The van der Waals surface area contributed by atoms with E-state index in [1.54, 1.807) is 14.2 Å². The number of nitrogens with one attached hydrogen (secondary N) is 1. The van der Waals surface area contributed by atoms with Crippen LogP contribution in [-0.2, 0) is 20.8 Å². The van der Waals surface area contributed by atoms with Crippen LogP contribution in [0.25, 0.3) is 0 Å². The summed E-state index contributed by atoms with van der Waals surface area (Å²) in [6, 6.07) is 12.1. The second kappa shape index (κ2) is 13.7. The second-order valence-electron chi connectivity index (χ2n) is 7.47. The first-order chi connectivity index (χ1) is 15.6. The molecular weight excluding hydrogens is 428 g/mol. The van der Waals surface area contributed by atoms with Crippen LogP contribution in [0.3, 0.4) is 0 Å². The number of amides is 1. The quantitative estimate of drug-likeness (QED) is 0.488. The largest absolute Gasteiger partial charge is 0.493 e. The Hall–Kier alpha value is -3.59. The predicted molar refractivity (Wildman–Crippen MR) is 125 cm³/mol. The Kier molecular flexibility index (Phi) is 11.4. The summed E-state index contributed by atoms with van der Waals surface area (Å²) in [6.07, 6.45) is 1.35. The lowest BCUT2D eigenvalue weighted by Gasteiger charge is -2.17. The zero-order valence-electron chi connectivity index (χ0n) is 19.7. The number of anilines is 1. The number of aryl methyl sites for hydroxylation is 2. The van der Waals surface area contributed by atoms with Crippen molar-refractivity contribution in [3.05, 3.63) is 53.1 Å². The Labute approximate surface area is 193 Å². The van der Waals surface area contributed by atoms with Gasteiger partial charge in [0.15, 0.2) is 11.5 Å². The van der Waals surface area contributed by atoms with Crippen LogP contribution in [-0.4, -0.2) is 67.3 Å². The summed E-state index contributed by atoms with van der Waals surface area (Å²) in [4.78, 5) is 32.6. The van der Waals surface area contributed by atoms with Crippen LogP contribution in [0.2, 0.25) is 0 Å². The number of carbonyl (C=O) groups is 3. The van der Waals surface area contributed by atoms with Crippen molar-refractivity contribution in [3.63, 3.8) is 0 Å². The first-order valence-corrected chi connectivity index (χ1v) is 10.3. The molecule has 0 unspecified atom stereocenters. The minimum Gasteiger partial charge on any atom is -0.493 e. The lowest BCUT2D eigenvalue weighted by atomic mass is 10.1. The van der Waals surface area contributed by atoms with Crippen LogP contribution < -0.4 is 14.8 Å². The maximum Gasteiger partial charge on any atom is 0.414 e. The molecule has 1 amide bonds. The molecule has 0 saturated heterocycles. The van der Waals surface area contributed by atoms with E-state index in [4.69, 9.17) is 29.3 Å². The number of carboxylic acids is 2. The Balaban J connectivity index is 0.000000801. The summed E-state index contributed by atoms with van der Waals surface area (Å²) in [5.74, 6) is -2.13. The highest BCUT2D eigenvalue weighted by Gasteiger charge is 2.09. The summed E-state index contributed by atoms with van der Waals surface area (Å²) in [6.45, 7) is 5.61. The van der Waals surface area contributed by atoms with Gasteiger partial charge in [-0.05, 0) is 62.2 Å². The molecule has 2 aromatic rings. The number of carbonyl (C=O) groups excluding carboxylic acids is 1. The van der Waals surface area contributed by atoms with Gasteiger partial charge in [-0.25, -0.2) is 9.59 Å². The van der Waals surface area contributed by atoms with Crippen molar-refractivity contribution in [2.45, 2.75) is 26.7 Å². The van der Waals surface area contributed by atoms with Crippen LogP contribution in [0.1, 0.15) is 23.1 Å². The van der Waals surface area contributed by atoms with E-state index in [0.29, 0.717) is 13.0 Å². The number of hydrogen-bond acceptors (Lipinski definition) is 6. The SMILES string of the molecule is COc1ccc(CCN(C)CCC(=O)Nc2cc(C)ccc2C)cc1OC.O=C(O)C(=O)O. The zero-order valence-corrected chi connectivity index (χ0v) is 19.7. The van der Waals surface area contributed by atoms with Gasteiger partial charge < -0.3 is 29.9 Å². The number of likely N-dealkylation sites (N-methyl/N-ethyl adjacent to an activating group) is 1. The maximum atomic E-state index is 12.2. The number of aliphatic carboxylic acids is 2. The molecule has 0 aromatic heterocycles. The Morgan fingerprint density at radius 3 is 2.12 bits per heavy atom. The predicted octanol–water partition coefficient (Wildman–Crippen LogP) is 2.98. The molecule has 3 N–H and O–H groups in total. The van der Waals surface area contributed by atoms with Crippen LogP contribution in [0.4, 0.5) is 5.69 Å². The highest BCUT2D eigenvalue weighted by molar-refractivity contribution is 6.27. The van der Waals surface area contributed by atoms with Crippen molar-refractivity contribution in [2.24, 2.45) is 0 Å². The number of methoxy groups -OCH3 is 2. The van der Waals surface area contributed by atoms with Gasteiger partial charge in [0.2, 0.25) is 5.91 Å². The fourth-order valence-electron chi connectivity index (χ4n) is 2.84. The second-order valence-corrected chi connectivity index (χ2v) is 7.47. The minimum atomic E-state index is -1.82. The highest BCUT2D eigenvalue weighted by atomic mass is 16.5. The van der Waals surface area contributed by atoms with Gasteiger partial charge in [0.05, 0.1) is 14.2 Å². The van der Waals surface area contributed by atoms with Gasteiger partial charge >= 0.3 is 11.9 Å². The van der Waals surface area contributed by atoms with Gasteiger partial charge in [-0.3, -0.25) is 4.79 Å². The summed E-state index contributed by atoms with van der Waals surface area (Å²) in [7, 11) is 5.31. The van der Waals surface area contributed by atoms with Gasteiger partial charge in [0.25, 0.3) is 0 Å². The van der Waals surface area contributed by atoms with Crippen LogP contribution in [0.5, 0.6) is 11.5 Å². The number of ether oxygens (including phenoxy) is 2. The summed E-state index contributed by atoms with van der Waals surface area (Å²) < 4.78 is 10.6. The molecule has 0 bridgehead atoms. The molecule has 0 saturated carbocycles. The van der Waals surface area contributed by atoms with Crippen molar-refractivity contribution in [1.29, 1.82) is 0 Å². The third-order valence-corrected chi connectivity index (χ3v) is 4.80. The lowest BCUT2D eigenvalue weighted by Crippen LogP contribution is -2.26. The standard InChI is InChI=1S/C22H30N2O3.C2H2O4/c1-16-6-7-17(2)19(14-16)23-22(25)11-13-24(3)12-10-18-8-9-20(26-4)21(15-18)27-5;3-1(4)2(5)6/h6-9,14-15H,10-13H2,1-5H3,(H,23,25);(H,3,4)(H,5,6). The molecule has 0 fully saturated rings. The van der Waals surface area contributed by atoms with Gasteiger partial charge in [-0.1, -0.05) is 18.2 Å². The summed E-state index contributed by atoms with van der Waals surface area (Å²) in [5.41, 5.74) is 4.30. The molecule has 0 aliphatic carbocycles. The van der Waals surface area contributed by atoms with Crippen LogP contribution in [0.15, 0.2) is 36.4 Å². The third-order valence-electron chi connectivity index (χ3n) is 4.80. The number of hydrogen-bond donors (Lipinski definition) is 3. The molecule has 180 valence electrons. The number of benzene rings is 2. The number of carboxylic acid groups (broad SMARTS) is 2. The molecule has 0 aliphatic rings. The molecule has 0 atom stereocenters. The van der Waals surface area contributed by atoms with E-state index < -0.39 is 11.9 Å². The Morgan fingerprint density at radius 1 is 0.909 bits per heavy atom. The molecule has 0 spiro atoms. The summed E-state index contributed by atoms with van der Waals surface area (Å²) >= 11 is 0. The molecule has 9 heteroatoms. The molecule has 2 aromatic carbocycles. The molecule has 0 heterocycles. The third kappa shape index (κ3) is 10.0. The van der Waals surface area contributed by atoms with E-state index in [2.05, 4.69) is 10.2 Å². The Bertz CT molecular complexity index is 948. The van der Waals surface area contributed by atoms with E-state index in [-0.39, 0.29) is 5.91 Å². The van der Waals surface area contributed by atoms with Crippen LogP contribution in [0, 0.1) is 13.8 Å². The average Bonchev–Trinajstić information content (AvgIpc) is 2.78. The lowest BCUT2D eigenvalue weighted by molar-refractivity contribution is -0.159. The molecule has 2 rings (SSSR count). The van der Waals surface area contributed by atoms with Crippen molar-refractivity contribution in [2.75, 3.05) is 39.7 Å². The van der Waals surface area contributed by atoms with E-state index in [0.717, 1.165) is 41.3 Å². The maximum absolute atomic E-state index is 12.2. The minimum absolute atomic E-state index is 0.0432. The number of nitrogens with zero attached hydrogens (tertiary/aromatic N) is 1. The first kappa shape index (κ1) is 27.4. The highest BCUT2D eigenvalue weighted by Crippen LogP contribution is 2.27. The first-order valence-electron chi connectivity index (χ1n) is 10.3. The van der Waals surface area contributed by atoms with Gasteiger partial charge in [-0.2, -0.15) is 0 Å². The fourth-order valence-corrected chi connectivity index (χ4v) is 2.84. The van der Waals surface area contributed by atoms with Crippen molar-refractivity contribution >= 4 is 23.5 Å². The van der Waals surface area contributed by atoms with Gasteiger partial charge in [0.1, 0.15) is 0 Å². The molecule has 0 radical (unpaired) electrons. The van der Waals surface area contributed by atoms with Gasteiger partial charge in [-0.15, -0.1) is 0 Å². The van der Waals surface area contributed by atoms with E-state index in [1.807, 2.05) is 57.3 Å². The smallest absolute Gasteiger partial charge is 0.414 e. The number of rotatable bonds is 9. The van der Waals surface area contributed by atoms with Crippen molar-refractivity contribution < 1.29 is 34.1 Å². The van der Waals surface area contributed by atoms with Gasteiger partial charge in [0, 0.05) is 25.2 Å². The normalized spacial score (nSPS) is 10.1. The molecular formula is C24H32N2O7. The van der Waals surface area contributed by atoms with Crippen LogP contribution >= 0.6 is 0 Å². The fraction of sp³-hybridized carbons (Fsp3) is 0.375. The molecule has 33 heavy (non-hydrogen) atoms. The topological polar surface area (TPSA) is 125 Å². The van der Waals surface area contributed by atoms with E-state index in [1.165, 1.54) is 5.56 Å². The molecule has 0 aliphatic heterocycles. The summed E-state index contributed by atoms with van der Waals surface area (Å²) in [5, 5.41) is 17.8. The van der Waals surface area contributed by atoms with E-state index in [9.17, 15) is 4.79 Å². The van der Waals surface area contributed by atoms with Crippen molar-refractivity contribution in [1.82, 2.24) is 4.90 Å². The zero-order chi connectivity index (χ0) is 25.0. The Morgan fingerprint density at radius 2 is 1.55 bits per heavy atom. The van der Waals surface area contributed by atoms with E-state index >= 15 is 0 Å².